The Morgan fingerprint density at radius 2 is 1.79 bits per heavy atom. The van der Waals surface area contributed by atoms with E-state index >= 15 is 0 Å². The van der Waals surface area contributed by atoms with Gasteiger partial charge in [-0.3, -0.25) is 0 Å². The highest BCUT2D eigenvalue weighted by Gasteiger charge is 2.01. The van der Waals surface area contributed by atoms with Crippen molar-refractivity contribution in [3.8, 4) is 0 Å². The van der Waals surface area contributed by atoms with Gasteiger partial charge in [-0.05, 0) is 11.6 Å². The molecule has 0 amide bonds. The molecule has 0 radical (unpaired) electrons. The van der Waals surface area contributed by atoms with Gasteiger partial charge in [-0.15, -0.1) is 0 Å². The molecule has 0 aromatic heterocycles. The lowest BCUT2D eigenvalue weighted by Crippen LogP contribution is -2.01. The van der Waals surface area contributed by atoms with Crippen molar-refractivity contribution in [1.29, 1.82) is 0 Å². The van der Waals surface area contributed by atoms with Crippen LogP contribution in [0.5, 0.6) is 0 Å². The summed E-state index contributed by atoms with van der Waals surface area (Å²) in [5.74, 6) is -1.77. The molecule has 0 bridgehead atoms. The average molecular weight is 260 g/mol. The van der Waals surface area contributed by atoms with E-state index in [-0.39, 0.29) is 5.57 Å². The normalized spacial score (nSPS) is 9.11. The minimum absolute atomic E-state index is 0.00917. The molecule has 0 atom stereocenters. The van der Waals surface area contributed by atoms with Crippen LogP contribution < -0.4 is 0 Å². The molecule has 4 heteroatoms. The van der Waals surface area contributed by atoms with Crippen LogP contribution in [0, 0.1) is 0 Å². The van der Waals surface area contributed by atoms with Crippen LogP contribution in [0.25, 0.3) is 6.08 Å². The van der Waals surface area contributed by atoms with Crippen molar-refractivity contribution in [1.82, 2.24) is 0 Å². The maximum atomic E-state index is 10.6. The van der Waals surface area contributed by atoms with Gasteiger partial charge in [-0.1, -0.05) is 49.6 Å². The van der Waals surface area contributed by atoms with Crippen molar-refractivity contribution >= 4 is 18.0 Å². The fourth-order valence-corrected chi connectivity index (χ4v) is 0.960. The van der Waals surface area contributed by atoms with E-state index in [4.69, 9.17) is 5.11 Å². The van der Waals surface area contributed by atoms with Crippen molar-refractivity contribution in [3.63, 3.8) is 0 Å². The first kappa shape index (κ1) is 16.4. The Bertz CT molecular complexity index is 472. The second kappa shape index (κ2) is 9.41. The Hall–Kier alpha value is -2.62. The van der Waals surface area contributed by atoms with Crippen LogP contribution in [0.2, 0.25) is 0 Å². The molecular formula is C15H16O4. The summed E-state index contributed by atoms with van der Waals surface area (Å²) in [6.45, 7) is 6.90. The van der Waals surface area contributed by atoms with E-state index in [0.717, 1.165) is 12.2 Å². The lowest BCUT2D eigenvalue weighted by atomic mass is 10.2. The molecule has 0 aliphatic carbocycles. The first-order chi connectivity index (χ1) is 9.01. The van der Waals surface area contributed by atoms with E-state index in [0.29, 0.717) is 0 Å². The molecule has 0 saturated heterocycles. The topological polar surface area (TPSA) is 63.6 Å². The number of hydrogen-bond acceptors (Lipinski definition) is 3. The van der Waals surface area contributed by atoms with Gasteiger partial charge in [0.05, 0.1) is 12.7 Å². The number of esters is 1. The number of ether oxygens (including phenoxy) is 1. The Balaban J connectivity index is 0.000000356. The van der Waals surface area contributed by atoms with Gasteiger partial charge < -0.3 is 9.84 Å². The van der Waals surface area contributed by atoms with Crippen LogP contribution in [-0.2, 0) is 14.3 Å². The molecule has 0 heterocycles. The third kappa shape index (κ3) is 8.15. The van der Waals surface area contributed by atoms with Crippen molar-refractivity contribution < 1.29 is 19.4 Å². The van der Waals surface area contributed by atoms with Crippen LogP contribution in [0.15, 0.2) is 61.2 Å². The summed E-state index contributed by atoms with van der Waals surface area (Å²) in [4.78, 5) is 20.5. The zero-order valence-corrected chi connectivity index (χ0v) is 10.7. The van der Waals surface area contributed by atoms with Gasteiger partial charge >= 0.3 is 11.9 Å². The summed E-state index contributed by atoms with van der Waals surface area (Å²) >= 11 is 0. The Kier molecular flexibility index (Phi) is 8.12. The number of carbonyl (C=O) groups excluding carboxylic acids is 1. The van der Waals surface area contributed by atoms with E-state index in [9.17, 15) is 9.59 Å². The summed E-state index contributed by atoms with van der Waals surface area (Å²) < 4.78 is 4.26. The lowest BCUT2D eigenvalue weighted by Gasteiger charge is -1.94. The molecule has 1 N–H and O–H groups in total. The van der Waals surface area contributed by atoms with Gasteiger partial charge in [0.25, 0.3) is 0 Å². The zero-order valence-electron chi connectivity index (χ0n) is 10.7. The first-order valence-electron chi connectivity index (χ1n) is 5.37. The maximum Gasteiger partial charge on any atom is 0.337 e. The predicted octanol–water partition coefficient (Wildman–Crippen LogP) is 2.69. The van der Waals surface area contributed by atoms with Gasteiger partial charge in [-0.2, -0.15) is 0 Å². The second-order valence-electron chi connectivity index (χ2n) is 3.30. The molecule has 0 saturated carbocycles. The monoisotopic (exact) mass is 260 g/mol. The van der Waals surface area contributed by atoms with Crippen molar-refractivity contribution in [3.05, 3.63) is 66.8 Å². The number of methoxy groups -OCH3 is 1. The number of carboxylic acid groups (broad SMARTS) is 1. The standard InChI is InChI=1S/C8H8.C7H8O4/c1-2-8-6-4-3-5-7-8;1-5(7(10)11-2)3-4-6(8)9/h2-7H,1H2;3-4H,1H2,2H3,(H,8,9). The summed E-state index contributed by atoms with van der Waals surface area (Å²) in [6, 6.07) is 10.0. The molecule has 1 aromatic carbocycles. The van der Waals surface area contributed by atoms with Crippen LogP contribution in [0.4, 0.5) is 0 Å². The number of carboxylic acids is 1. The SMILES string of the molecule is C=C(C=CC(=O)O)C(=O)OC.C=Cc1ccccc1. The predicted molar refractivity (Wildman–Crippen MR) is 74.5 cm³/mol. The number of hydrogen-bond donors (Lipinski definition) is 1. The van der Waals surface area contributed by atoms with Crippen molar-refractivity contribution in [2.45, 2.75) is 0 Å². The Labute approximate surface area is 112 Å². The molecular weight excluding hydrogens is 244 g/mol. The largest absolute Gasteiger partial charge is 0.478 e. The molecule has 0 aliphatic rings. The molecule has 0 aliphatic heterocycles. The highest BCUT2D eigenvalue weighted by Crippen LogP contribution is 1.97. The van der Waals surface area contributed by atoms with E-state index in [1.54, 1.807) is 0 Å². The summed E-state index contributed by atoms with van der Waals surface area (Å²) in [5, 5.41) is 8.14. The molecule has 0 fully saturated rings. The van der Waals surface area contributed by atoms with Gasteiger partial charge in [-0.25, -0.2) is 9.59 Å². The number of carbonyl (C=O) groups is 2. The fraction of sp³-hybridized carbons (Fsp3) is 0.0667. The third-order valence-corrected chi connectivity index (χ3v) is 1.91. The minimum atomic E-state index is -1.13. The summed E-state index contributed by atoms with van der Waals surface area (Å²) in [6.07, 6.45) is 3.73. The number of rotatable bonds is 4. The molecule has 100 valence electrons. The van der Waals surface area contributed by atoms with Crippen molar-refractivity contribution in [2.24, 2.45) is 0 Å². The van der Waals surface area contributed by atoms with E-state index < -0.39 is 11.9 Å². The van der Waals surface area contributed by atoms with Gasteiger partial charge in [0, 0.05) is 6.08 Å². The van der Waals surface area contributed by atoms with E-state index in [2.05, 4.69) is 17.9 Å². The van der Waals surface area contributed by atoms with Crippen LogP contribution in [0.3, 0.4) is 0 Å². The first-order valence-corrected chi connectivity index (χ1v) is 5.37. The zero-order chi connectivity index (χ0) is 14.7. The maximum absolute atomic E-state index is 10.6. The third-order valence-electron chi connectivity index (χ3n) is 1.91. The molecule has 19 heavy (non-hydrogen) atoms. The van der Waals surface area contributed by atoms with Crippen LogP contribution in [0.1, 0.15) is 5.56 Å². The van der Waals surface area contributed by atoms with Crippen molar-refractivity contribution in [2.75, 3.05) is 7.11 Å². The van der Waals surface area contributed by atoms with Crippen LogP contribution in [-0.4, -0.2) is 24.2 Å². The van der Waals surface area contributed by atoms with E-state index in [1.807, 2.05) is 36.4 Å². The summed E-state index contributed by atoms with van der Waals surface area (Å²) in [7, 11) is 1.20. The van der Waals surface area contributed by atoms with Crippen LogP contribution >= 0.6 is 0 Å². The lowest BCUT2D eigenvalue weighted by molar-refractivity contribution is -0.135. The van der Waals surface area contributed by atoms with Gasteiger partial charge in [0.1, 0.15) is 0 Å². The molecule has 1 rings (SSSR count). The average Bonchev–Trinajstić information content (AvgIpc) is 2.45. The van der Waals surface area contributed by atoms with E-state index in [1.165, 1.54) is 12.7 Å². The fourth-order valence-electron chi connectivity index (χ4n) is 0.960. The quantitative estimate of drug-likeness (QED) is 0.513. The highest BCUT2D eigenvalue weighted by molar-refractivity contribution is 5.92. The molecule has 4 nitrogen and oxygen atoms in total. The molecule has 0 spiro atoms. The Morgan fingerprint density at radius 1 is 1.21 bits per heavy atom. The van der Waals surface area contributed by atoms with Gasteiger partial charge in [0.15, 0.2) is 0 Å². The minimum Gasteiger partial charge on any atom is -0.478 e. The molecule has 1 aromatic rings. The molecule has 0 unspecified atom stereocenters. The second-order valence-corrected chi connectivity index (χ2v) is 3.30. The number of aliphatic carboxylic acids is 1. The summed E-state index contributed by atoms with van der Waals surface area (Å²) in [5.41, 5.74) is 1.18. The smallest absolute Gasteiger partial charge is 0.337 e. The van der Waals surface area contributed by atoms with Gasteiger partial charge in [0.2, 0.25) is 0 Å². The highest BCUT2D eigenvalue weighted by atomic mass is 16.5. The number of benzene rings is 1. The Morgan fingerprint density at radius 3 is 2.16 bits per heavy atom.